The van der Waals surface area contributed by atoms with Crippen LogP contribution >= 0.6 is 0 Å². The normalized spacial score (nSPS) is 16.4. The van der Waals surface area contributed by atoms with Crippen molar-refractivity contribution < 1.29 is 14.1 Å². The van der Waals surface area contributed by atoms with Crippen LogP contribution in [0.5, 0.6) is 0 Å². The third-order valence-corrected chi connectivity index (χ3v) is 6.22. The predicted molar refractivity (Wildman–Crippen MR) is 132 cm³/mol. The number of nitrogens with one attached hydrogen (secondary N) is 1. The Morgan fingerprint density at radius 1 is 1.15 bits per heavy atom. The van der Waals surface area contributed by atoms with E-state index in [1.54, 1.807) is 0 Å². The van der Waals surface area contributed by atoms with E-state index in [0.29, 0.717) is 35.9 Å². The number of rotatable bonds is 5. The smallest absolute Gasteiger partial charge is 0.253 e. The van der Waals surface area contributed by atoms with Gasteiger partial charge in [-0.05, 0) is 48.1 Å². The number of piperidine rings is 1. The SMILES string of the molecule is CCC(=O)Nc1cccc(-c2noc([C@H]3CCCN(C(=O)c4ccc(C(C)(C)C)cc4)C3)n2)c1. The topological polar surface area (TPSA) is 88.3 Å². The number of aromatic nitrogens is 2. The Labute approximate surface area is 200 Å². The van der Waals surface area contributed by atoms with E-state index < -0.39 is 0 Å². The van der Waals surface area contributed by atoms with Crippen molar-refractivity contribution in [2.75, 3.05) is 18.4 Å². The summed E-state index contributed by atoms with van der Waals surface area (Å²) in [7, 11) is 0. The molecule has 0 radical (unpaired) electrons. The summed E-state index contributed by atoms with van der Waals surface area (Å²) in [6, 6.07) is 15.3. The molecule has 7 nitrogen and oxygen atoms in total. The fourth-order valence-corrected chi connectivity index (χ4v) is 4.16. The molecule has 1 N–H and O–H groups in total. The summed E-state index contributed by atoms with van der Waals surface area (Å²) in [6.45, 7) is 9.56. The van der Waals surface area contributed by atoms with Gasteiger partial charge in [0.2, 0.25) is 17.6 Å². The maximum atomic E-state index is 13.1. The molecule has 0 aliphatic carbocycles. The zero-order chi connectivity index (χ0) is 24.3. The summed E-state index contributed by atoms with van der Waals surface area (Å²) in [6.07, 6.45) is 2.18. The lowest BCUT2D eigenvalue weighted by molar-refractivity contribution is -0.115. The number of hydrogen-bond acceptors (Lipinski definition) is 5. The quantitative estimate of drug-likeness (QED) is 0.551. The molecular weight excluding hydrogens is 428 g/mol. The lowest BCUT2D eigenvalue weighted by Gasteiger charge is -2.31. The van der Waals surface area contributed by atoms with Crippen molar-refractivity contribution in [1.82, 2.24) is 15.0 Å². The molecule has 0 unspecified atom stereocenters. The van der Waals surface area contributed by atoms with E-state index in [2.05, 4.69) is 36.2 Å². The molecule has 34 heavy (non-hydrogen) atoms. The second-order valence-corrected chi connectivity index (χ2v) is 9.86. The molecule has 178 valence electrons. The molecule has 2 heterocycles. The fraction of sp³-hybridized carbons (Fsp3) is 0.407. The predicted octanol–water partition coefficient (Wildman–Crippen LogP) is 5.40. The van der Waals surface area contributed by atoms with Crippen molar-refractivity contribution >= 4 is 17.5 Å². The number of amides is 2. The first-order chi connectivity index (χ1) is 16.2. The molecule has 1 aliphatic rings. The highest BCUT2D eigenvalue weighted by Crippen LogP contribution is 2.29. The Bertz CT molecular complexity index is 1160. The number of benzene rings is 2. The van der Waals surface area contributed by atoms with E-state index in [0.717, 1.165) is 24.9 Å². The summed E-state index contributed by atoms with van der Waals surface area (Å²) in [4.78, 5) is 31.3. The summed E-state index contributed by atoms with van der Waals surface area (Å²) < 4.78 is 5.60. The second-order valence-electron chi connectivity index (χ2n) is 9.86. The highest BCUT2D eigenvalue weighted by atomic mass is 16.5. The van der Waals surface area contributed by atoms with Crippen LogP contribution in [0, 0.1) is 0 Å². The fourth-order valence-electron chi connectivity index (χ4n) is 4.16. The maximum absolute atomic E-state index is 13.1. The average Bonchev–Trinajstić information content (AvgIpc) is 3.34. The van der Waals surface area contributed by atoms with Crippen LogP contribution in [0.1, 0.15) is 74.7 Å². The van der Waals surface area contributed by atoms with Gasteiger partial charge in [0.25, 0.3) is 5.91 Å². The number of likely N-dealkylation sites (tertiary alicyclic amines) is 1. The van der Waals surface area contributed by atoms with Crippen LogP contribution in [0.15, 0.2) is 53.1 Å². The summed E-state index contributed by atoms with van der Waals surface area (Å²) >= 11 is 0. The van der Waals surface area contributed by atoms with Gasteiger partial charge in [-0.15, -0.1) is 0 Å². The Morgan fingerprint density at radius 3 is 2.62 bits per heavy atom. The molecule has 1 fully saturated rings. The van der Waals surface area contributed by atoms with E-state index in [1.165, 1.54) is 5.56 Å². The van der Waals surface area contributed by atoms with Crippen LogP contribution in [-0.2, 0) is 10.2 Å². The van der Waals surface area contributed by atoms with E-state index in [1.807, 2.05) is 60.4 Å². The molecule has 1 atom stereocenters. The highest BCUT2D eigenvalue weighted by molar-refractivity contribution is 5.94. The van der Waals surface area contributed by atoms with Gasteiger partial charge in [0.15, 0.2) is 0 Å². The van der Waals surface area contributed by atoms with Gasteiger partial charge >= 0.3 is 0 Å². The van der Waals surface area contributed by atoms with Crippen molar-refractivity contribution in [2.24, 2.45) is 0 Å². The second kappa shape index (κ2) is 9.79. The van der Waals surface area contributed by atoms with Crippen molar-refractivity contribution in [3.05, 3.63) is 65.5 Å². The molecule has 0 spiro atoms. The number of carbonyl (C=O) groups excluding carboxylic acids is 2. The van der Waals surface area contributed by atoms with Gasteiger partial charge in [-0.1, -0.05) is 57.1 Å². The van der Waals surface area contributed by atoms with Crippen LogP contribution in [0.3, 0.4) is 0 Å². The zero-order valence-corrected chi connectivity index (χ0v) is 20.3. The number of anilines is 1. The van der Waals surface area contributed by atoms with E-state index in [9.17, 15) is 9.59 Å². The van der Waals surface area contributed by atoms with Crippen LogP contribution in [0.4, 0.5) is 5.69 Å². The van der Waals surface area contributed by atoms with Crippen molar-refractivity contribution in [1.29, 1.82) is 0 Å². The first-order valence-corrected chi connectivity index (χ1v) is 11.9. The molecule has 0 bridgehead atoms. The minimum Gasteiger partial charge on any atom is -0.339 e. The number of hydrogen-bond donors (Lipinski definition) is 1. The molecule has 7 heteroatoms. The monoisotopic (exact) mass is 460 g/mol. The van der Waals surface area contributed by atoms with E-state index in [-0.39, 0.29) is 23.1 Å². The van der Waals surface area contributed by atoms with E-state index >= 15 is 0 Å². The van der Waals surface area contributed by atoms with Gasteiger partial charge in [-0.25, -0.2) is 0 Å². The first-order valence-electron chi connectivity index (χ1n) is 11.9. The largest absolute Gasteiger partial charge is 0.339 e. The molecule has 4 rings (SSSR count). The van der Waals surface area contributed by atoms with Crippen LogP contribution in [0.2, 0.25) is 0 Å². The van der Waals surface area contributed by atoms with Crippen molar-refractivity contribution in [2.45, 2.75) is 58.3 Å². The minimum absolute atomic E-state index is 0.00391. The zero-order valence-electron chi connectivity index (χ0n) is 20.3. The van der Waals surface area contributed by atoms with Crippen LogP contribution in [-0.4, -0.2) is 39.9 Å². The summed E-state index contributed by atoms with van der Waals surface area (Å²) in [5.41, 5.74) is 3.42. The lowest BCUT2D eigenvalue weighted by Crippen LogP contribution is -2.39. The Balaban J connectivity index is 1.46. The van der Waals surface area contributed by atoms with E-state index in [4.69, 9.17) is 4.52 Å². The molecule has 3 aromatic rings. The summed E-state index contributed by atoms with van der Waals surface area (Å²) in [5.74, 6) is 0.994. The van der Waals surface area contributed by atoms with Crippen molar-refractivity contribution in [3.8, 4) is 11.4 Å². The third-order valence-electron chi connectivity index (χ3n) is 6.22. The standard InChI is InChI=1S/C27H32N4O3/c1-5-23(32)28-22-10-6-8-19(16-22)24-29-25(34-30-24)20-9-7-15-31(17-20)26(33)18-11-13-21(14-12-18)27(2,3)4/h6,8,10-14,16,20H,5,7,9,15,17H2,1-4H3,(H,28,32)/t20-/m0/s1. The van der Waals surface area contributed by atoms with Gasteiger partial charge < -0.3 is 14.7 Å². The maximum Gasteiger partial charge on any atom is 0.253 e. The molecule has 0 saturated carbocycles. The third kappa shape index (κ3) is 5.35. The molecular formula is C27H32N4O3. The Kier molecular flexibility index (Phi) is 6.82. The highest BCUT2D eigenvalue weighted by Gasteiger charge is 2.29. The van der Waals surface area contributed by atoms with Gasteiger partial charge in [0, 0.05) is 36.3 Å². The first kappa shape index (κ1) is 23.7. The Morgan fingerprint density at radius 2 is 1.91 bits per heavy atom. The number of nitrogens with zero attached hydrogens (tertiary/aromatic N) is 3. The number of carbonyl (C=O) groups is 2. The molecule has 1 aliphatic heterocycles. The molecule has 1 saturated heterocycles. The molecule has 1 aromatic heterocycles. The average molecular weight is 461 g/mol. The van der Waals surface area contributed by atoms with Gasteiger partial charge in [-0.3, -0.25) is 9.59 Å². The van der Waals surface area contributed by atoms with Gasteiger partial charge in [0.1, 0.15) is 0 Å². The lowest BCUT2D eigenvalue weighted by atomic mass is 9.86. The minimum atomic E-state index is -0.0500. The Hall–Kier alpha value is -3.48. The summed E-state index contributed by atoms with van der Waals surface area (Å²) in [5, 5.41) is 7.01. The van der Waals surface area contributed by atoms with Gasteiger partial charge in [-0.2, -0.15) is 4.98 Å². The van der Waals surface area contributed by atoms with Crippen LogP contribution in [0.25, 0.3) is 11.4 Å². The van der Waals surface area contributed by atoms with Crippen LogP contribution < -0.4 is 5.32 Å². The van der Waals surface area contributed by atoms with Crippen molar-refractivity contribution in [3.63, 3.8) is 0 Å². The van der Waals surface area contributed by atoms with Gasteiger partial charge in [0.05, 0.1) is 5.92 Å². The molecule has 2 amide bonds. The molecule has 2 aromatic carbocycles.